The highest BCUT2D eigenvalue weighted by Gasteiger charge is 2.23. The lowest BCUT2D eigenvalue weighted by atomic mass is 10.1. The van der Waals surface area contributed by atoms with Crippen LogP contribution in [0, 0.1) is 0 Å². The number of H-pyrrole nitrogens is 1. The van der Waals surface area contributed by atoms with Gasteiger partial charge in [0, 0.05) is 18.0 Å². The fourth-order valence-corrected chi connectivity index (χ4v) is 4.34. The summed E-state index contributed by atoms with van der Waals surface area (Å²) in [6, 6.07) is 9.41. The molecule has 0 unspecified atom stereocenters. The van der Waals surface area contributed by atoms with Crippen LogP contribution in [-0.4, -0.2) is 45.3 Å². The molecule has 4 rings (SSSR count). The Kier molecular flexibility index (Phi) is 5.05. The molecule has 0 atom stereocenters. The predicted molar refractivity (Wildman–Crippen MR) is 107 cm³/mol. The van der Waals surface area contributed by atoms with Crippen LogP contribution in [0.15, 0.2) is 40.5 Å². The van der Waals surface area contributed by atoms with Crippen molar-refractivity contribution in [2.45, 2.75) is 26.4 Å². The molecule has 7 heteroatoms. The fraction of sp³-hybridized carbons (Fsp3) is 0.350. The number of aromatic amines is 1. The maximum absolute atomic E-state index is 12.8. The van der Waals surface area contributed by atoms with Gasteiger partial charge in [0.15, 0.2) is 0 Å². The van der Waals surface area contributed by atoms with Crippen molar-refractivity contribution in [2.24, 2.45) is 0 Å². The summed E-state index contributed by atoms with van der Waals surface area (Å²) in [7, 11) is 0. The number of likely N-dealkylation sites (N-methyl/N-ethyl adjacent to an activating group) is 1. The Hall–Kier alpha value is -2.51. The van der Waals surface area contributed by atoms with Crippen LogP contribution in [0.25, 0.3) is 10.9 Å². The Balaban J connectivity index is 1.45. The molecule has 3 heterocycles. The van der Waals surface area contributed by atoms with Crippen LogP contribution >= 0.6 is 11.3 Å². The summed E-state index contributed by atoms with van der Waals surface area (Å²) in [5, 5.41) is 2.68. The first kappa shape index (κ1) is 17.9. The summed E-state index contributed by atoms with van der Waals surface area (Å²) in [5.41, 5.74) is 1.81. The number of carbonyl (C=O) groups excluding carboxylic acids is 1. The maximum Gasteiger partial charge on any atom is 0.258 e. The van der Waals surface area contributed by atoms with Crippen LogP contribution in [-0.2, 0) is 24.3 Å². The van der Waals surface area contributed by atoms with Crippen LogP contribution in [0.2, 0.25) is 0 Å². The van der Waals surface area contributed by atoms with Crippen molar-refractivity contribution in [2.75, 3.05) is 19.6 Å². The second-order valence-corrected chi connectivity index (χ2v) is 7.77. The van der Waals surface area contributed by atoms with Gasteiger partial charge in [-0.2, -0.15) is 0 Å². The van der Waals surface area contributed by atoms with Crippen LogP contribution in [0.5, 0.6) is 0 Å². The van der Waals surface area contributed by atoms with Gasteiger partial charge in [0.2, 0.25) is 5.91 Å². The number of fused-ring (bicyclic) bond motifs is 2. The molecule has 0 saturated carbocycles. The first-order valence-corrected chi connectivity index (χ1v) is 10.1. The number of hydrogen-bond acceptors (Lipinski definition) is 5. The third-order valence-corrected chi connectivity index (χ3v) is 6.02. The molecule has 1 aliphatic heterocycles. The third kappa shape index (κ3) is 3.79. The number of rotatable bonds is 5. The topological polar surface area (TPSA) is 69.3 Å². The number of carbonyl (C=O) groups is 1. The monoisotopic (exact) mass is 382 g/mol. The average Bonchev–Trinajstić information content (AvgIpc) is 3.15. The van der Waals surface area contributed by atoms with E-state index in [1.807, 2.05) is 34.9 Å². The van der Waals surface area contributed by atoms with Crippen molar-refractivity contribution in [3.05, 3.63) is 62.3 Å². The number of benzene rings is 1. The Morgan fingerprint density at radius 2 is 2.19 bits per heavy atom. The lowest BCUT2D eigenvalue weighted by Crippen LogP contribution is -2.42. The number of nitrogens with one attached hydrogen (secondary N) is 1. The second-order valence-electron chi connectivity index (χ2n) is 6.77. The summed E-state index contributed by atoms with van der Waals surface area (Å²) < 4.78 is 0. The molecule has 27 heavy (non-hydrogen) atoms. The molecule has 0 spiro atoms. The molecule has 0 aliphatic carbocycles. The van der Waals surface area contributed by atoms with Gasteiger partial charge in [0.05, 0.1) is 24.0 Å². The van der Waals surface area contributed by atoms with Crippen molar-refractivity contribution >= 4 is 28.1 Å². The Morgan fingerprint density at radius 1 is 1.33 bits per heavy atom. The van der Waals surface area contributed by atoms with Crippen molar-refractivity contribution in [1.82, 2.24) is 19.8 Å². The smallest absolute Gasteiger partial charge is 0.258 e. The fourth-order valence-electron chi connectivity index (χ4n) is 3.45. The van der Waals surface area contributed by atoms with Crippen LogP contribution in [0.4, 0.5) is 0 Å². The summed E-state index contributed by atoms with van der Waals surface area (Å²) in [4.78, 5) is 37.7. The zero-order chi connectivity index (χ0) is 18.8. The summed E-state index contributed by atoms with van der Waals surface area (Å²) in [5.74, 6) is 0.712. The van der Waals surface area contributed by atoms with Gasteiger partial charge in [0.1, 0.15) is 5.82 Å². The maximum atomic E-state index is 12.8. The molecule has 1 N–H and O–H groups in total. The molecular weight excluding hydrogens is 360 g/mol. The normalized spacial score (nSPS) is 13.9. The van der Waals surface area contributed by atoms with Crippen molar-refractivity contribution in [3.8, 4) is 0 Å². The first-order valence-electron chi connectivity index (χ1n) is 9.17. The number of hydrogen-bond donors (Lipinski definition) is 1. The van der Waals surface area contributed by atoms with E-state index >= 15 is 0 Å². The van der Waals surface area contributed by atoms with E-state index < -0.39 is 0 Å². The summed E-state index contributed by atoms with van der Waals surface area (Å²) in [6.07, 6.45) is 0.935. The van der Waals surface area contributed by atoms with Gasteiger partial charge in [-0.15, -0.1) is 11.3 Å². The molecule has 0 radical (unpaired) electrons. The van der Waals surface area contributed by atoms with Gasteiger partial charge < -0.3 is 9.88 Å². The van der Waals surface area contributed by atoms with Gasteiger partial charge >= 0.3 is 0 Å². The first-order chi connectivity index (χ1) is 13.1. The van der Waals surface area contributed by atoms with Gasteiger partial charge in [-0.1, -0.05) is 19.1 Å². The second kappa shape index (κ2) is 7.62. The van der Waals surface area contributed by atoms with Gasteiger partial charge in [-0.25, -0.2) is 4.98 Å². The quantitative estimate of drug-likeness (QED) is 0.736. The molecule has 0 bridgehead atoms. The molecule has 0 saturated heterocycles. The third-order valence-electron chi connectivity index (χ3n) is 5.00. The van der Waals surface area contributed by atoms with Crippen LogP contribution in [0.3, 0.4) is 0 Å². The van der Waals surface area contributed by atoms with E-state index in [1.165, 1.54) is 10.4 Å². The van der Waals surface area contributed by atoms with E-state index in [0.29, 0.717) is 42.9 Å². The van der Waals surface area contributed by atoms with E-state index in [4.69, 9.17) is 0 Å². The number of para-hydroxylation sites is 1. The molecule has 140 valence electrons. The SMILES string of the molecule is CCN(CC(=O)N1CCc2sccc2C1)Cc1nc2ccccc2c(=O)[nH]1. The van der Waals surface area contributed by atoms with E-state index in [2.05, 4.69) is 21.4 Å². The summed E-state index contributed by atoms with van der Waals surface area (Å²) >= 11 is 1.77. The van der Waals surface area contributed by atoms with Gasteiger partial charge in [-0.05, 0) is 42.1 Å². The average molecular weight is 382 g/mol. The van der Waals surface area contributed by atoms with Crippen molar-refractivity contribution < 1.29 is 4.79 Å². The highest BCUT2D eigenvalue weighted by molar-refractivity contribution is 7.10. The highest BCUT2D eigenvalue weighted by Crippen LogP contribution is 2.24. The molecule has 1 aromatic carbocycles. The zero-order valence-corrected chi connectivity index (χ0v) is 16.1. The number of aromatic nitrogens is 2. The van der Waals surface area contributed by atoms with E-state index in [9.17, 15) is 9.59 Å². The molecule has 1 aliphatic rings. The number of thiophene rings is 1. The minimum absolute atomic E-state index is 0.122. The van der Waals surface area contributed by atoms with Crippen molar-refractivity contribution in [3.63, 3.8) is 0 Å². The molecule has 0 fully saturated rings. The highest BCUT2D eigenvalue weighted by atomic mass is 32.1. The zero-order valence-electron chi connectivity index (χ0n) is 15.3. The van der Waals surface area contributed by atoms with Crippen LogP contribution < -0.4 is 5.56 Å². The lowest BCUT2D eigenvalue weighted by Gasteiger charge is -2.29. The largest absolute Gasteiger partial charge is 0.337 e. The standard InChI is InChI=1S/C20H22N4O2S/c1-2-23(12-18-21-16-6-4-3-5-15(16)20(26)22-18)13-19(25)24-9-7-17-14(11-24)8-10-27-17/h3-6,8,10H,2,7,9,11-13H2,1H3,(H,21,22,26). The molecule has 6 nitrogen and oxygen atoms in total. The van der Waals surface area contributed by atoms with E-state index in [-0.39, 0.29) is 11.5 Å². The Bertz CT molecular complexity index is 1030. The van der Waals surface area contributed by atoms with Crippen LogP contribution in [0.1, 0.15) is 23.2 Å². The Morgan fingerprint density at radius 3 is 3.04 bits per heavy atom. The van der Waals surface area contributed by atoms with E-state index in [0.717, 1.165) is 13.0 Å². The molecule has 1 amide bonds. The van der Waals surface area contributed by atoms with Gasteiger partial charge in [-0.3, -0.25) is 14.5 Å². The number of nitrogens with zero attached hydrogens (tertiary/aromatic N) is 3. The predicted octanol–water partition coefficient (Wildman–Crippen LogP) is 2.39. The van der Waals surface area contributed by atoms with Gasteiger partial charge in [0.25, 0.3) is 5.56 Å². The lowest BCUT2D eigenvalue weighted by molar-refractivity contribution is -0.133. The minimum atomic E-state index is -0.140. The molecule has 3 aromatic rings. The van der Waals surface area contributed by atoms with Crippen molar-refractivity contribution in [1.29, 1.82) is 0 Å². The summed E-state index contributed by atoms with van der Waals surface area (Å²) in [6.45, 7) is 4.96. The molecular formula is C20H22N4O2S. The minimum Gasteiger partial charge on any atom is -0.337 e. The Labute approximate surface area is 161 Å². The number of amides is 1. The molecule has 2 aromatic heterocycles. The van der Waals surface area contributed by atoms with E-state index in [1.54, 1.807) is 17.4 Å².